The molecule has 4 rings (SSSR count). The van der Waals surface area contributed by atoms with E-state index in [-0.39, 0.29) is 34.8 Å². The maximum absolute atomic E-state index is 12.8. The minimum atomic E-state index is -3.85. The zero-order valence-electron chi connectivity index (χ0n) is 18.1. The second kappa shape index (κ2) is 7.88. The minimum absolute atomic E-state index is 0.0776. The van der Waals surface area contributed by atoms with Crippen molar-refractivity contribution in [1.82, 2.24) is 4.90 Å². The molecule has 0 unspecified atom stereocenters. The van der Waals surface area contributed by atoms with E-state index in [1.165, 1.54) is 4.90 Å². The predicted molar refractivity (Wildman–Crippen MR) is 117 cm³/mol. The number of benzene rings is 2. The first kappa shape index (κ1) is 21.7. The number of hydrogen-bond donors (Lipinski definition) is 0. The van der Waals surface area contributed by atoms with Crippen molar-refractivity contribution in [2.75, 3.05) is 6.61 Å². The number of aryl methyl sites for hydroxylation is 1. The van der Waals surface area contributed by atoms with Gasteiger partial charge in [-0.05, 0) is 68.7 Å². The fraction of sp³-hybridized carbons (Fsp3) is 0.417. The van der Waals surface area contributed by atoms with Crippen molar-refractivity contribution >= 4 is 21.9 Å². The van der Waals surface area contributed by atoms with Crippen LogP contribution in [0.5, 0.6) is 0 Å². The average molecular weight is 442 g/mol. The van der Waals surface area contributed by atoms with Crippen LogP contribution in [0, 0.1) is 6.92 Å². The van der Waals surface area contributed by atoms with Gasteiger partial charge in [0, 0.05) is 6.04 Å². The summed E-state index contributed by atoms with van der Waals surface area (Å²) in [5.41, 5.74) is 2.27. The molecule has 0 spiro atoms. The lowest BCUT2D eigenvalue weighted by atomic mass is 9.69. The molecule has 1 aliphatic carbocycles. The summed E-state index contributed by atoms with van der Waals surface area (Å²) in [6.07, 6.45) is 2.60. The molecule has 0 N–H and O–H groups in total. The Kier molecular flexibility index (Phi) is 5.52. The molecule has 1 heterocycles. The molecule has 1 aliphatic heterocycles. The monoisotopic (exact) mass is 441 g/mol. The number of amides is 2. The Morgan fingerprint density at radius 1 is 1.03 bits per heavy atom. The van der Waals surface area contributed by atoms with Gasteiger partial charge in [-0.3, -0.25) is 18.7 Å². The molecule has 7 heteroatoms. The molecule has 31 heavy (non-hydrogen) atoms. The molecule has 1 fully saturated rings. The quantitative estimate of drug-likeness (QED) is 0.513. The Labute approximate surface area is 183 Å². The van der Waals surface area contributed by atoms with Gasteiger partial charge in [0.25, 0.3) is 21.9 Å². The van der Waals surface area contributed by atoms with Crippen molar-refractivity contribution in [1.29, 1.82) is 0 Å². The molecule has 2 amide bonds. The molecule has 2 aromatic carbocycles. The molecule has 0 bridgehead atoms. The number of imide groups is 1. The maximum Gasteiger partial charge on any atom is 0.297 e. The van der Waals surface area contributed by atoms with Crippen molar-refractivity contribution in [3.63, 3.8) is 0 Å². The molecule has 0 saturated heterocycles. The Bertz CT molecular complexity index is 1110. The van der Waals surface area contributed by atoms with Gasteiger partial charge in [0.1, 0.15) is 0 Å². The number of carbonyl (C=O) groups excluding carboxylic acids is 2. The Balaban J connectivity index is 1.60. The van der Waals surface area contributed by atoms with Crippen LogP contribution in [0.3, 0.4) is 0 Å². The van der Waals surface area contributed by atoms with Crippen LogP contribution in [0.1, 0.15) is 71.4 Å². The van der Waals surface area contributed by atoms with Crippen molar-refractivity contribution in [2.24, 2.45) is 0 Å². The van der Waals surface area contributed by atoms with Gasteiger partial charge < -0.3 is 0 Å². The lowest BCUT2D eigenvalue weighted by Gasteiger charge is -2.41. The van der Waals surface area contributed by atoms with Crippen LogP contribution in [0.2, 0.25) is 0 Å². The first-order valence-corrected chi connectivity index (χ1v) is 12.1. The third-order valence-corrected chi connectivity index (χ3v) is 8.02. The van der Waals surface area contributed by atoms with Crippen LogP contribution in [0.25, 0.3) is 0 Å². The topological polar surface area (TPSA) is 80.8 Å². The lowest BCUT2D eigenvalue weighted by molar-refractivity contribution is 0.0520. The normalized spacial score (nSPS) is 23.8. The molecule has 1 saturated carbocycles. The minimum Gasteiger partial charge on any atom is -0.271 e. The highest BCUT2D eigenvalue weighted by Gasteiger charge is 2.44. The maximum atomic E-state index is 12.8. The molecule has 2 aliphatic rings. The van der Waals surface area contributed by atoms with Crippen LogP contribution < -0.4 is 0 Å². The Hall–Kier alpha value is -2.51. The number of nitrogens with zero attached hydrogens (tertiary/aromatic N) is 1. The predicted octanol–water partition coefficient (Wildman–Crippen LogP) is 4.22. The Morgan fingerprint density at radius 2 is 1.61 bits per heavy atom. The van der Waals surface area contributed by atoms with Gasteiger partial charge >= 0.3 is 0 Å². The van der Waals surface area contributed by atoms with E-state index < -0.39 is 10.1 Å². The van der Waals surface area contributed by atoms with Crippen molar-refractivity contribution in [3.05, 3.63) is 64.7 Å². The number of fused-ring (bicyclic) bond motifs is 1. The van der Waals surface area contributed by atoms with Crippen LogP contribution in [0.4, 0.5) is 0 Å². The summed E-state index contributed by atoms with van der Waals surface area (Å²) < 4.78 is 30.5. The molecule has 0 radical (unpaired) electrons. The van der Waals surface area contributed by atoms with Gasteiger partial charge in [-0.1, -0.05) is 36.8 Å². The van der Waals surface area contributed by atoms with E-state index >= 15 is 0 Å². The second-order valence-electron chi connectivity index (χ2n) is 8.68. The van der Waals surface area contributed by atoms with Crippen molar-refractivity contribution < 1.29 is 22.2 Å². The number of rotatable bonds is 5. The summed E-state index contributed by atoms with van der Waals surface area (Å²) in [7, 11) is -3.85. The SMILES string of the molecule is CCOS(=O)(=O)c1ccc(C)cc1C1(C)CCC(N2C(=O)c3ccccc3C2=O)CC1. The highest BCUT2D eigenvalue weighted by molar-refractivity contribution is 7.86. The summed E-state index contributed by atoms with van der Waals surface area (Å²) in [6.45, 7) is 5.73. The van der Waals surface area contributed by atoms with Gasteiger partial charge in [-0.2, -0.15) is 8.42 Å². The van der Waals surface area contributed by atoms with Crippen LogP contribution in [-0.4, -0.2) is 37.8 Å². The highest BCUT2D eigenvalue weighted by atomic mass is 32.2. The molecule has 2 aromatic rings. The van der Waals surface area contributed by atoms with Crippen molar-refractivity contribution in [2.45, 2.75) is 62.8 Å². The molecule has 0 aromatic heterocycles. The third kappa shape index (κ3) is 3.70. The zero-order chi connectivity index (χ0) is 22.4. The summed E-state index contributed by atoms with van der Waals surface area (Å²) in [4.78, 5) is 27.3. The molecular weight excluding hydrogens is 414 g/mol. The van der Waals surface area contributed by atoms with E-state index in [1.54, 1.807) is 43.3 Å². The van der Waals surface area contributed by atoms with Crippen LogP contribution in [0.15, 0.2) is 47.4 Å². The molecular formula is C24H27NO5S. The van der Waals surface area contributed by atoms with E-state index in [0.717, 1.165) is 11.1 Å². The van der Waals surface area contributed by atoms with E-state index in [1.807, 2.05) is 13.0 Å². The number of hydrogen-bond acceptors (Lipinski definition) is 5. The van der Waals surface area contributed by atoms with Gasteiger partial charge in [0.05, 0.1) is 22.6 Å². The standard InChI is InChI=1S/C24H27NO5S/c1-4-30-31(28,29)21-10-9-16(2)15-20(21)24(3)13-11-17(12-14-24)25-22(26)18-7-5-6-8-19(18)23(25)27/h5-10,15,17H,4,11-14H2,1-3H3. The van der Waals surface area contributed by atoms with Crippen molar-refractivity contribution in [3.8, 4) is 0 Å². The fourth-order valence-electron chi connectivity index (χ4n) is 4.86. The van der Waals surface area contributed by atoms with E-state index in [9.17, 15) is 18.0 Å². The van der Waals surface area contributed by atoms with E-state index in [2.05, 4.69) is 6.92 Å². The fourth-order valence-corrected chi connectivity index (χ4v) is 6.11. The van der Waals surface area contributed by atoms with E-state index in [4.69, 9.17) is 4.18 Å². The van der Waals surface area contributed by atoms with Gasteiger partial charge in [0.2, 0.25) is 0 Å². The lowest BCUT2D eigenvalue weighted by Crippen LogP contribution is -2.44. The summed E-state index contributed by atoms with van der Waals surface area (Å²) in [6, 6.07) is 12.1. The highest BCUT2D eigenvalue weighted by Crippen LogP contribution is 2.44. The molecule has 6 nitrogen and oxygen atoms in total. The summed E-state index contributed by atoms with van der Waals surface area (Å²) in [5.74, 6) is -0.464. The first-order valence-electron chi connectivity index (χ1n) is 10.7. The third-order valence-electron chi connectivity index (χ3n) is 6.58. The van der Waals surface area contributed by atoms with E-state index in [0.29, 0.717) is 36.8 Å². The zero-order valence-corrected chi connectivity index (χ0v) is 18.9. The van der Waals surface area contributed by atoms with Crippen LogP contribution >= 0.6 is 0 Å². The largest absolute Gasteiger partial charge is 0.297 e. The average Bonchev–Trinajstić information content (AvgIpc) is 2.99. The first-order chi connectivity index (χ1) is 14.7. The van der Waals surface area contributed by atoms with Gasteiger partial charge in [-0.15, -0.1) is 0 Å². The number of carbonyl (C=O) groups is 2. The smallest absolute Gasteiger partial charge is 0.271 e. The van der Waals surface area contributed by atoms with Gasteiger partial charge in [0.15, 0.2) is 0 Å². The molecule has 164 valence electrons. The summed E-state index contributed by atoms with van der Waals surface area (Å²) in [5, 5.41) is 0. The van der Waals surface area contributed by atoms with Gasteiger partial charge in [-0.25, -0.2) is 0 Å². The Morgan fingerprint density at radius 3 is 2.16 bits per heavy atom. The summed E-state index contributed by atoms with van der Waals surface area (Å²) >= 11 is 0. The molecule has 0 atom stereocenters. The van der Waals surface area contributed by atoms with Crippen LogP contribution in [-0.2, 0) is 19.7 Å². The second-order valence-corrected chi connectivity index (χ2v) is 10.3.